The van der Waals surface area contributed by atoms with Gasteiger partial charge >= 0.3 is 0 Å². The lowest BCUT2D eigenvalue weighted by molar-refractivity contribution is 0.104. The van der Waals surface area contributed by atoms with Crippen LogP contribution in [0.3, 0.4) is 0 Å². The zero-order chi connectivity index (χ0) is 10.1. The smallest absolute Gasteiger partial charge is 0.186 e. The molecule has 0 radical (unpaired) electrons. The summed E-state index contributed by atoms with van der Waals surface area (Å²) in [5, 5.41) is 21.6. The van der Waals surface area contributed by atoms with Gasteiger partial charge in [-0.3, -0.25) is 0 Å². The first-order valence-electron chi connectivity index (χ1n) is 4.35. The summed E-state index contributed by atoms with van der Waals surface area (Å²) in [4.78, 5) is 6.06. The van der Waals surface area contributed by atoms with E-state index in [2.05, 4.69) is 4.98 Å². The van der Waals surface area contributed by atoms with Crippen molar-refractivity contribution in [2.45, 2.75) is 6.10 Å². The summed E-state index contributed by atoms with van der Waals surface area (Å²) in [7, 11) is 0. The number of rotatable bonds is 2. The number of anilines is 1. The number of aromatic nitrogens is 1. The maximum Gasteiger partial charge on any atom is 0.186 e. The molecular formula is C8H11ClN2O2S. The van der Waals surface area contributed by atoms with Crippen LogP contribution in [-0.4, -0.2) is 41.0 Å². The van der Waals surface area contributed by atoms with E-state index in [9.17, 15) is 5.11 Å². The molecule has 1 aliphatic heterocycles. The number of β-amino-alcohol motifs (C(OH)–C–C–N with tert-alkyl or cyclic N) is 1. The van der Waals surface area contributed by atoms with Gasteiger partial charge in [0, 0.05) is 24.4 Å². The lowest BCUT2D eigenvalue weighted by Crippen LogP contribution is -2.21. The minimum Gasteiger partial charge on any atom is -0.396 e. The highest BCUT2D eigenvalue weighted by Crippen LogP contribution is 2.28. The van der Waals surface area contributed by atoms with Gasteiger partial charge in [-0.05, 0) is 0 Å². The number of aliphatic hydroxyl groups is 2. The molecular weight excluding hydrogens is 224 g/mol. The van der Waals surface area contributed by atoms with Gasteiger partial charge in [0.05, 0.1) is 12.7 Å². The Kier molecular flexibility index (Phi) is 2.92. The highest BCUT2D eigenvalue weighted by molar-refractivity contribution is 7.14. The fourth-order valence-electron chi connectivity index (χ4n) is 1.58. The van der Waals surface area contributed by atoms with Crippen molar-refractivity contribution in [1.82, 2.24) is 4.98 Å². The van der Waals surface area contributed by atoms with Gasteiger partial charge in [-0.25, -0.2) is 4.98 Å². The lowest BCUT2D eigenvalue weighted by atomic mass is 10.1. The zero-order valence-electron chi connectivity index (χ0n) is 7.43. The van der Waals surface area contributed by atoms with Crippen molar-refractivity contribution in [1.29, 1.82) is 0 Å². The topological polar surface area (TPSA) is 56.6 Å². The maximum atomic E-state index is 9.57. The van der Waals surface area contributed by atoms with Crippen molar-refractivity contribution in [2.75, 3.05) is 24.6 Å². The van der Waals surface area contributed by atoms with E-state index in [0.717, 1.165) is 5.13 Å². The average Bonchev–Trinajstić information content (AvgIpc) is 2.71. The van der Waals surface area contributed by atoms with E-state index in [0.29, 0.717) is 18.2 Å². The number of halogens is 1. The van der Waals surface area contributed by atoms with Gasteiger partial charge in [-0.2, -0.15) is 0 Å². The molecule has 78 valence electrons. The summed E-state index contributed by atoms with van der Waals surface area (Å²) >= 11 is 7.16. The Morgan fingerprint density at radius 3 is 2.93 bits per heavy atom. The van der Waals surface area contributed by atoms with Crippen LogP contribution in [0.1, 0.15) is 0 Å². The second-order valence-corrected chi connectivity index (χ2v) is 4.59. The fourth-order valence-corrected chi connectivity index (χ4v) is 2.55. The standard InChI is InChI=1S/C8H11ClN2O2S/c9-7-4-14-8(10-7)11-1-5(3-12)6(13)2-11/h4-6,12-13H,1-3H2. The Labute approximate surface area is 90.8 Å². The van der Waals surface area contributed by atoms with E-state index in [1.54, 1.807) is 5.38 Å². The van der Waals surface area contributed by atoms with Crippen molar-refractivity contribution < 1.29 is 10.2 Å². The largest absolute Gasteiger partial charge is 0.396 e. The van der Waals surface area contributed by atoms with Crippen LogP contribution in [0.5, 0.6) is 0 Å². The summed E-state index contributed by atoms with van der Waals surface area (Å²) in [5.41, 5.74) is 0. The Balaban J connectivity index is 2.08. The van der Waals surface area contributed by atoms with E-state index in [1.165, 1.54) is 11.3 Å². The van der Waals surface area contributed by atoms with E-state index in [-0.39, 0.29) is 12.5 Å². The Morgan fingerprint density at radius 1 is 1.64 bits per heavy atom. The van der Waals surface area contributed by atoms with Gasteiger partial charge in [-0.15, -0.1) is 11.3 Å². The van der Waals surface area contributed by atoms with E-state index < -0.39 is 6.10 Å². The first kappa shape index (κ1) is 10.2. The number of aliphatic hydroxyl groups excluding tert-OH is 2. The Hall–Kier alpha value is -0.360. The normalized spacial score (nSPS) is 27.2. The first-order valence-corrected chi connectivity index (χ1v) is 5.61. The van der Waals surface area contributed by atoms with Gasteiger partial charge < -0.3 is 15.1 Å². The molecule has 14 heavy (non-hydrogen) atoms. The third kappa shape index (κ3) is 1.86. The molecule has 2 N–H and O–H groups in total. The molecule has 0 aromatic carbocycles. The van der Waals surface area contributed by atoms with Crippen LogP contribution >= 0.6 is 22.9 Å². The predicted molar refractivity (Wildman–Crippen MR) is 55.9 cm³/mol. The van der Waals surface area contributed by atoms with E-state index >= 15 is 0 Å². The summed E-state index contributed by atoms with van der Waals surface area (Å²) in [6.07, 6.45) is -0.470. The maximum absolute atomic E-state index is 9.57. The molecule has 4 nitrogen and oxygen atoms in total. The predicted octanol–water partition coefficient (Wildman–Crippen LogP) is 0.586. The summed E-state index contributed by atoms with van der Waals surface area (Å²) in [6, 6.07) is 0. The van der Waals surface area contributed by atoms with Crippen molar-refractivity contribution >= 4 is 28.1 Å². The zero-order valence-corrected chi connectivity index (χ0v) is 9.00. The third-order valence-corrected chi connectivity index (χ3v) is 3.60. The molecule has 2 heterocycles. The van der Waals surface area contributed by atoms with Crippen LogP contribution < -0.4 is 4.90 Å². The highest BCUT2D eigenvalue weighted by Gasteiger charge is 2.31. The third-order valence-electron chi connectivity index (χ3n) is 2.38. The molecule has 1 aromatic rings. The molecule has 0 spiro atoms. The van der Waals surface area contributed by atoms with Crippen molar-refractivity contribution in [3.05, 3.63) is 10.5 Å². The van der Waals surface area contributed by atoms with Crippen LogP contribution in [0, 0.1) is 5.92 Å². The first-order chi connectivity index (χ1) is 6.70. The fraction of sp³-hybridized carbons (Fsp3) is 0.625. The van der Waals surface area contributed by atoms with Crippen LogP contribution in [0.25, 0.3) is 0 Å². The quantitative estimate of drug-likeness (QED) is 0.787. The SMILES string of the molecule is OCC1CN(c2nc(Cl)cs2)CC1O. The van der Waals surface area contributed by atoms with Crippen molar-refractivity contribution in [3.63, 3.8) is 0 Å². The Bertz CT molecular complexity index is 320. The molecule has 2 atom stereocenters. The summed E-state index contributed by atoms with van der Waals surface area (Å²) in [5.74, 6) is -0.0716. The van der Waals surface area contributed by atoms with E-state index in [4.69, 9.17) is 16.7 Å². The molecule has 1 fully saturated rings. The number of hydrogen-bond donors (Lipinski definition) is 2. The van der Waals surface area contributed by atoms with Gasteiger partial charge in [0.25, 0.3) is 0 Å². The number of nitrogens with zero attached hydrogens (tertiary/aromatic N) is 2. The van der Waals surface area contributed by atoms with Crippen LogP contribution in [0.4, 0.5) is 5.13 Å². The molecule has 0 saturated carbocycles. The van der Waals surface area contributed by atoms with Crippen LogP contribution in [-0.2, 0) is 0 Å². The van der Waals surface area contributed by atoms with Crippen LogP contribution in [0.15, 0.2) is 5.38 Å². The number of thiazole rings is 1. The van der Waals surface area contributed by atoms with Crippen molar-refractivity contribution in [2.24, 2.45) is 5.92 Å². The second kappa shape index (κ2) is 4.02. The molecule has 1 aliphatic rings. The van der Waals surface area contributed by atoms with Gasteiger partial charge in [0.2, 0.25) is 0 Å². The molecule has 0 bridgehead atoms. The molecule has 1 saturated heterocycles. The molecule has 6 heteroatoms. The molecule has 1 aromatic heterocycles. The van der Waals surface area contributed by atoms with E-state index in [1.807, 2.05) is 4.90 Å². The van der Waals surface area contributed by atoms with Crippen LogP contribution in [0.2, 0.25) is 5.15 Å². The van der Waals surface area contributed by atoms with Gasteiger partial charge in [0.15, 0.2) is 5.13 Å². The minimum atomic E-state index is -0.470. The summed E-state index contributed by atoms with van der Waals surface area (Å²) < 4.78 is 0. The minimum absolute atomic E-state index is 0.0107. The Morgan fingerprint density at radius 2 is 2.43 bits per heavy atom. The molecule has 2 rings (SSSR count). The highest BCUT2D eigenvalue weighted by atomic mass is 35.5. The molecule has 0 aliphatic carbocycles. The number of hydrogen-bond acceptors (Lipinski definition) is 5. The molecule has 0 amide bonds. The van der Waals surface area contributed by atoms with Gasteiger partial charge in [-0.1, -0.05) is 11.6 Å². The van der Waals surface area contributed by atoms with Gasteiger partial charge in [0.1, 0.15) is 5.15 Å². The molecule has 2 unspecified atom stereocenters. The summed E-state index contributed by atoms with van der Waals surface area (Å²) in [6.45, 7) is 1.17. The average molecular weight is 235 g/mol. The van der Waals surface area contributed by atoms with Crippen molar-refractivity contribution in [3.8, 4) is 0 Å². The lowest BCUT2D eigenvalue weighted by Gasteiger charge is -2.12. The second-order valence-electron chi connectivity index (χ2n) is 3.37. The monoisotopic (exact) mass is 234 g/mol.